The Kier molecular flexibility index (Phi) is 8.51. The molecule has 0 bridgehead atoms. The van der Waals surface area contributed by atoms with E-state index >= 15 is 0 Å². The van der Waals surface area contributed by atoms with Crippen molar-refractivity contribution >= 4 is 27.6 Å². The SMILES string of the molecule is C[C@H]1C[C@@H]1CN(CC(=O)N(C)C)c1cc(-c2nnc([C@H]3NCCC[C@H]3c3ccc(F)cc3)o2)cc(N(C)S(C)(=O)=O)n1. The zero-order valence-corrected chi connectivity index (χ0v) is 25.4. The van der Waals surface area contributed by atoms with Crippen LogP contribution in [0.25, 0.3) is 11.5 Å². The molecular formula is C29H38FN7O4S. The van der Waals surface area contributed by atoms with Crippen molar-refractivity contribution in [3.05, 3.63) is 53.7 Å². The molecule has 3 heterocycles. The zero-order valence-electron chi connectivity index (χ0n) is 24.6. The highest BCUT2D eigenvalue weighted by Gasteiger charge is 2.36. The molecule has 1 aliphatic carbocycles. The molecule has 1 N–H and O–H groups in total. The fourth-order valence-electron chi connectivity index (χ4n) is 5.29. The highest BCUT2D eigenvalue weighted by molar-refractivity contribution is 7.92. The minimum absolute atomic E-state index is 0.0145. The number of anilines is 2. The molecule has 0 spiro atoms. The molecule has 5 rings (SSSR count). The third-order valence-corrected chi connectivity index (χ3v) is 9.39. The summed E-state index contributed by atoms with van der Waals surface area (Å²) in [6, 6.07) is 9.56. The van der Waals surface area contributed by atoms with Gasteiger partial charge in [0.1, 0.15) is 17.5 Å². The van der Waals surface area contributed by atoms with Gasteiger partial charge >= 0.3 is 0 Å². The zero-order chi connectivity index (χ0) is 30.2. The maximum atomic E-state index is 13.6. The summed E-state index contributed by atoms with van der Waals surface area (Å²) in [6.07, 6.45) is 3.99. The van der Waals surface area contributed by atoms with Gasteiger partial charge in [0.05, 0.1) is 18.8 Å². The lowest BCUT2D eigenvalue weighted by Gasteiger charge is -2.30. The van der Waals surface area contributed by atoms with E-state index in [0.717, 1.165) is 41.9 Å². The van der Waals surface area contributed by atoms with Crippen LogP contribution in [0, 0.1) is 17.7 Å². The Morgan fingerprint density at radius 2 is 1.81 bits per heavy atom. The van der Waals surface area contributed by atoms with E-state index in [9.17, 15) is 17.6 Å². The van der Waals surface area contributed by atoms with Crippen LogP contribution in [0.15, 0.2) is 40.8 Å². The highest BCUT2D eigenvalue weighted by atomic mass is 32.2. The van der Waals surface area contributed by atoms with Gasteiger partial charge in [0.25, 0.3) is 0 Å². The Morgan fingerprint density at radius 1 is 1.12 bits per heavy atom. The van der Waals surface area contributed by atoms with Gasteiger partial charge < -0.3 is 19.5 Å². The van der Waals surface area contributed by atoms with Crippen LogP contribution in [0.2, 0.25) is 0 Å². The van der Waals surface area contributed by atoms with Gasteiger partial charge in [-0.2, -0.15) is 0 Å². The summed E-state index contributed by atoms with van der Waals surface area (Å²) in [5.41, 5.74) is 1.47. The van der Waals surface area contributed by atoms with Gasteiger partial charge in [-0.3, -0.25) is 9.10 Å². The van der Waals surface area contributed by atoms with Crippen molar-refractivity contribution in [3.8, 4) is 11.5 Å². The molecule has 1 saturated heterocycles. The van der Waals surface area contributed by atoms with Gasteiger partial charge in [-0.15, -0.1) is 10.2 Å². The maximum absolute atomic E-state index is 13.6. The average molecular weight is 600 g/mol. The summed E-state index contributed by atoms with van der Waals surface area (Å²) in [4.78, 5) is 20.9. The number of hydrogen-bond donors (Lipinski definition) is 1. The molecule has 1 amide bonds. The number of carbonyl (C=O) groups excluding carboxylic acids is 1. The first kappa shape index (κ1) is 29.9. The Balaban J connectivity index is 1.52. The van der Waals surface area contributed by atoms with Crippen molar-refractivity contribution in [2.45, 2.75) is 38.1 Å². The van der Waals surface area contributed by atoms with E-state index in [4.69, 9.17) is 4.42 Å². The standard InChI is InChI=1S/C29H38FN7O4S/c1-18-13-21(18)16-37(17-26(38)35(2)3)25-15-20(14-24(32-25)36(4)42(5,39)40)28-33-34-29(41-28)27-23(7-6-12-31-27)19-8-10-22(30)11-9-19/h8-11,14-15,18,21,23,27,31H,6-7,12-13,16-17H2,1-5H3/t18-,21+,23-,27-/m0/s1. The monoisotopic (exact) mass is 599 g/mol. The summed E-state index contributed by atoms with van der Waals surface area (Å²) < 4.78 is 45.9. The minimum Gasteiger partial charge on any atom is -0.419 e. The topological polar surface area (TPSA) is 125 Å². The maximum Gasteiger partial charge on any atom is 0.248 e. The summed E-state index contributed by atoms with van der Waals surface area (Å²) >= 11 is 0. The molecule has 2 aliphatic rings. The van der Waals surface area contributed by atoms with Crippen LogP contribution >= 0.6 is 0 Å². The number of carbonyl (C=O) groups is 1. The second-order valence-electron chi connectivity index (χ2n) is 11.6. The Morgan fingerprint density at radius 3 is 2.45 bits per heavy atom. The number of nitrogens with zero attached hydrogens (tertiary/aromatic N) is 6. The number of hydrogen-bond acceptors (Lipinski definition) is 9. The minimum atomic E-state index is -3.63. The molecule has 0 radical (unpaired) electrons. The van der Waals surface area contributed by atoms with Crippen LogP contribution in [0.4, 0.5) is 16.0 Å². The number of aromatic nitrogens is 3. The van der Waals surface area contributed by atoms with Crippen LogP contribution in [0.1, 0.15) is 49.6 Å². The number of benzene rings is 1. The summed E-state index contributed by atoms with van der Waals surface area (Å²) in [5, 5.41) is 12.2. The van der Waals surface area contributed by atoms with E-state index in [1.807, 2.05) is 4.90 Å². The largest absolute Gasteiger partial charge is 0.419 e. The number of piperidine rings is 1. The fourth-order valence-corrected chi connectivity index (χ4v) is 5.73. The van der Waals surface area contributed by atoms with Gasteiger partial charge in [-0.1, -0.05) is 19.1 Å². The van der Waals surface area contributed by atoms with Crippen LogP contribution in [0.3, 0.4) is 0 Å². The molecule has 2 aromatic heterocycles. The Labute approximate surface area is 246 Å². The summed E-state index contributed by atoms with van der Waals surface area (Å²) in [5.74, 6) is 1.81. The molecule has 3 aromatic rings. The molecule has 1 aromatic carbocycles. The van der Waals surface area contributed by atoms with Crippen molar-refractivity contribution in [2.24, 2.45) is 11.8 Å². The number of likely N-dealkylation sites (N-methyl/N-ethyl adjacent to an activating group) is 1. The van der Waals surface area contributed by atoms with E-state index in [1.54, 1.807) is 38.4 Å². The van der Waals surface area contributed by atoms with E-state index in [0.29, 0.717) is 35.7 Å². The smallest absolute Gasteiger partial charge is 0.248 e. The Hall–Kier alpha value is -3.58. The van der Waals surface area contributed by atoms with Crippen LogP contribution in [-0.2, 0) is 14.8 Å². The molecule has 1 saturated carbocycles. The van der Waals surface area contributed by atoms with E-state index in [2.05, 4.69) is 27.4 Å². The highest BCUT2D eigenvalue weighted by Crippen LogP contribution is 2.40. The van der Waals surface area contributed by atoms with Gasteiger partial charge in [-0.05, 0) is 67.5 Å². The molecule has 4 atom stereocenters. The molecule has 13 heteroatoms. The van der Waals surface area contributed by atoms with E-state index in [1.165, 1.54) is 24.1 Å². The lowest BCUT2D eigenvalue weighted by atomic mass is 9.84. The van der Waals surface area contributed by atoms with Crippen molar-refractivity contribution < 1.29 is 22.0 Å². The normalized spacial score (nSPS) is 22.0. The summed E-state index contributed by atoms with van der Waals surface area (Å²) in [6.45, 7) is 3.65. The predicted octanol–water partition coefficient (Wildman–Crippen LogP) is 3.43. The van der Waals surface area contributed by atoms with Gasteiger partial charge in [0.2, 0.25) is 27.7 Å². The molecule has 42 heavy (non-hydrogen) atoms. The number of pyridine rings is 1. The first-order valence-electron chi connectivity index (χ1n) is 14.1. The number of nitrogens with one attached hydrogen (secondary N) is 1. The predicted molar refractivity (Wildman–Crippen MR) is 158 cm³/mol. The first-order valence-corrected chi connectivity index (χ1v) is 16.0. The lowest BCUT2D eigenvalue weighted by Crippen LogP contribution is -2.38. The van der Waals surface area contributed by atoms with Crippen LogP contribution < -0.4 is 14.5 Å². The quantitative estimate of drug-likeness (QED) is 0.373. The third-order valence-electron chi connectivity index (χ3n) is 8.21. The van der Waals surface area contributed by atoms with Crippen molar-refractivity contribution in [2.75, 3.05) is 56.2 Å². The molecule has 226 valence electrons. The van der Waals surface area contributed by atoms with E-state index in [-0.39, 0.29) is 41.9 Å². The third kappa shape index (κ3) is 6.73. The number of sulfonamides is 1. The molecule has 2 fully saturated rings. The van der Waals surface area contributed by atoms with Crippen molar-refractivity contribution in [3.63, 3.8) is 0 Å². The second kappa shape index (κ2) is 12.0. The average Bonchev–Trinajstić information content (AvgIpc) is 3.43. The second-order valence-corrected chi connectivity index (χ2v) is 13.6. The Bertz CT molecular complexity index is 1530. The lowest BCUT2D eigenvalue weighted by molar-refractivity contribution is -0.127. The van der Waals surface area contributed by atoms with Crippen LogP contribution in [-0.4, -0.2) is 81.4 Å². The number of halogens is 1. The number of rotatable bonds is 10. The van der Waals surface area contributed by atoms with E-state index < -0.39 is 10.0 Å². The molecule has 0 unspecified atom stereocenters. The molecule has 11 nitrogen and oxygen atoms in total. The molecular weight excluding hydrogens is 561 g/mol. The van der Waals surface area contributed by atoms with Crippen molar-refractivity contribution in [1.29, 1.82) is 0 Å². The van der Waals surface area contributed by atoms with Crippen LogP contribution in [0.5, 0.6) is 0 Å². The fraction of sp³-hybridized carbons (Fsp3) is 0.517. The number of amides is 1. The first-order chi connectivity index (χ1) is 19.9. The van der Waals surface area contributed by atoms with Gasteiger partial charge in [-0.25, -0.2) is 17.8 Å². The van der Waals surface area contributed by atoms with Gasteiger partial charge in [0.15, 0.2) is 0 Å². The molecule has 1 aliphatic heterocycles. The van der Waals surface area contributed by atoms with Gasteiger partial charge in [0, 0.05) is 39.2 Å². The van der Waals surface area contributed by atoms with Crippen molar-refractivity contribution in [1.82, 2.24) is 25.4 Å². The summed E-state index contributed by atoms with van der Waals surface area (Å²) in [7, 11) is 1.20.